The monoisotopic (exact) mass is 309 g/mol. The largest absolute Gasteiger partial charge is 0.397 e. The van der Waals surface area contributed by atoms with E-state index in [4.69, 9.17) is 28.9 Å². The number of benzene rings is 2. The molecule has 6 heteroatoms. The topological polar surface area (TPSA) is 43.8 Å². The summed E-state index contributed by atoms with van der Waals surface area (Å²) in [5.74, 6) is 0.0937. The highest BCUT2D eigenvalue weighted by molar-refractivity contribution is 6.37. The molecule has 0 aliphatic heterocycles. The zero-order chi connectivity index (χ0) is 14.4. The van der Waals surface area contributed by atoms with Crippen molar-refractivity contribution in [2.24, 2.45) is 7.05 Å². The van der Waals surface area contributed by atoms with Crippen LogP contribution in [0.2, 0.25) is 10.0 Å². The van der Waals surface area contributed by atoms with E-state index in [-0.39, 0.29) is 11.3 Å². The smallest absolute Gasteiger partial charge is 0.151 e. The summed E-state index contributed by atoms with van der Waals surface area (Å²) in [7, 11) is 1.78. The number of hydrogen-bond donors (Lipinski definition) is 1. The molecule has 0 fully saturated rings. The minimum Gasteiger partial charge on any atom is -0.397 e. The third-order valence-corrected chi connectivity index (χ3v) is 3.87. The van der Waals surface area contributed by atoms with Crippen molar-refractivity contribution in [3.8, 4) is 11.4 Å². The molecule has 2 aromatic carbocycles. The Kier molecular flexibility index (Phi) is 3.07. The van der Waals surface area contributed by atoms with Crippen LogP contribution in [0.25, 0.3) is 22.4 Å². The quantitative estimate of drug-likeness (QED) is 0.682. The van der Waals surface area contributed by atoms with E-state index in [0.717, 1.165) is 0 Å². The van der Waals surface area contributed by atoms with Gasteiger partial charge in [-0.1, -0.05) is 29.3 Å². The van der Waals surface area contributed by atoms with E-state index in [0.29, 0.717) is 32.6 Å². The zero-order valence-corrected chi connectivity index (χ0v) is 12.0. The number of hydrogen-bond acceptors (Lipinski definition) is 2. The van der Waals surface area contributed by atoms with Gasteiger partial charge in [0.15, 0.2) is 5.82 Å². The van der Waals surface area contributed by atoms with E-state index < -0.39 is 0 Å². The van der Waals surface area contributed by atoms with Crippen LogP contribution in [0.15, 0.2) is 30.3 Å². The van der Waals surface area contributed by atoms with Crippen LogP contribution in [-0.2, 0) is 7.05 Å². The maximum atomic E-state index is 13.8. The van der Waals surface area contributed by atoms with E-state index in [1.54, 1.807) is 35.9 Å². The average Bonchev–Trinajstić information content (AvgIpc) is 2.74. The van der Waals surface area contributed by atoms with Gasteiger partial charge >= 0.3 is 0 Å². The van der Waals surface area contributed by atoms with E-state index in [1.807, 2.05) is 0 Å². The average molecular weight is 310 g/mol. The number of para-hydroxylation sites is 1. The Morgan fingerprint density at radius 1 is 1.15 bits per heavy atom. The van der Waals surface area contributed by atoms with Gasteiger partial charge in [-0.15, -0.1) is 0 Å². The van der Waals surface area contributed by atoms with E-state index in [1.165, 1.54) is 6.07 Å². The van der Waals surface area contributed by atoms with Crippen LogP contribution in [0.3, 0.4) is 0 Å². The van der Waals surface area contributed by atoms with Gasteiger partial charge in [-0.3, -0.25) is 0 Å². The number of nitrogens with two attached hydrogens (primary N) is 1. The van der Waals surface area contributed by atoms with Crippen LogP contribution in [0, 0.1) is 5.82 Å². The van der Waals surface area contributed by atoms with E-state index in [9.17, 15) is 4.39 Å². The Hall–Kier alpha value is -1.78. The fourth-order valence-corrected chi connectivity index (χ4v) is 2.61. The minimum absolute atomic E-state index is 0.278. The van der Waals surface area contributed by atoms with Crippen LogP contribution in [0.1, 0.15) is 0 Å². The molecular weight excluding hydrogens is 300 g/mol. The van der Waals surface area contributed by atoms with E-state index in [2.05, 4.69) is 4.98 Å². The van der Waals surface area contributed by atoms with Crippen LogP contribution < -0.4 is 5.73 Å². The predicted octanol–water partition coefficient (Wildman–Crippen LogP) is 4.27. The molecule has 0 spiro atoms. The Morgan fingerprint density at radius 2 is 1.85 bits per heavy atom. The molecule has 0 saturated heterocycles. The van der Waals surface area contributed by atoms with Gasteiger partial charge in [0.2, 0.25) is 0 Å². The molecule has 0 saturated carbocycles. The number of imidazole rings is 1. The molecular formula is C14H10Cl2FN3. The summed E-state index contributed by atoms with van der Waals surface area (Å²) in [5, 5.41) is 0.808. The molecule has 3 nitrogen and oxygen atoms in total. The first-order chi connectivity index (χ1) is 9.50. The van der Waals surface area contributed by atoms with Gasteiger partial charge in [-0.05, 0) is 24.3 Å². The fourth-order valence-electron chi connectivity index (χ4n) is 2.20. The number of aryl methyl sites for hydroxylation is 1. The van der Waals surface area contributed by atoms with Gasteiger partial charge in [0, 0.05) is 7.05 Å². The second-order valence-electron chi connectivity index (χ2n) is 4.42. The molecule has 0 bridgehead atoms. The molecule has 20 heavy (non-hydrogen) atoms. The number of halogens is 3. The number of nitrogens with zero attached hydrogens (tertiary/aromatic N) is 2. The molecule has 0 aliphatic rings. The molecule has 0 unspecified atom stereocenters. The lowest BCUT2D eigenvalue weighted by Gasteiger charge is -2.09. The second kappa shape index (κ2) is 4.65. The fraction of sp³-hybridized carbons (Fsp3) is 0.0714. The molecule has 1 aromatic heterocycles. The number of rotatable bonds is 1. The van der Waals surface area contributed by atoms with Crippen molar-refractivity contribution in [1.29, 1.82) is 0 Å². The van der Waals surface area contributed by atoms with Gasteiger partial charge in [-0.2, -0.15) is 0 Å². The van der Waals surface area contributed by atoms with Gasteiger partial charge < -0.3 is 10.3 Å². The molecule has 1 heterocycles. The standard InChI is InChI=1S/C14H10Cl2FN3/c1-20-10-4-2-3-9(17)13(10)19-14(20)11-7(15)5-6-8(16)12(11)18/h2-6H,18H2,1H3. The van der Waals surface area contributed by atoms with Crippen molar-refractivity contribution in [3.05, 3.63) is 46.2 Å². The summed E-state index contributed by atoms with van der Waals surface area (Å²) in [6.07, 6.45) is 0. The molecule has 2 N–H and O–H groups in total. The van der Waals surface area contributed by atoms with Gasteiger partial charge in [0.1, 0.15) is 11.3 Å². The lowest BCUT2D eigenvalue weighted by Crippen LogP contribution is -1.98. The van der Waals surface area contributed by atoms with Crippen molar-refractivity contribution in [2.75, 3.05) is 5.73 Å². The Balaban J connectivity index is 2.39. The summed E-state index contributed by atoms with van der Waals surface area (Å²) in [5.41, 5.74) is 7.76. The van der Waals surface area contributed by atoms with Gasteiger partial charge in [0.05, 0.1) is 26.8 Å². The normalized spacial score (nSPS) is 11.2. The number of aromatic nitrogens is 2. The maximum absolute atomic E-state index is 13.8. The molecule has 0 atom stereocenters. The molecule has 0 aliphatic carbocycles. The van der Waals surface area contributed by atoms with Crippen LogP contribution in [-0.4, -0.2) is 9.55 Å². The first-order valence-corrected chi connectivity index (χ1v) is 6.61. The number of anilines is 1. The summed E-state index contributed by atoms with van der Waals surface area (Å²) in [6.45, 7) is 0. The van der Waals surface area contributed by atoms with Crippen LogP contribution in [0.4, 0.5) is 10.1 Å². The number of fused-ring (bicyclic) bond motifs is 1. The summed E-state index contributed by atoms with van der Waals surface area (Å²) < 4.78 is 15.6. The summed E-state index contributed by atoms with van der Waals surface area (Å²) in [4.78, 5) is 4.31. The van der Waals surface area contributed by atoms with Crippen molar-refractivity contribution in [2.45, 2.75) is 0 Å². The SMILES string of the molecule is Cn1c(-c2c(Cl)ccc(Cl)c2N)nc2c(F)cccc21. The minimum atomic E-state index is -0.388. The van der Waals surface area contributed by atoms with Gasteiger partial charge in [0.25, 0.3) is 0 Å². The van der Waals surface area contributed by atoms with Crippen molar-refractivity contribution >= 4 is 39.9 Å². The first kappa shape index (κ1) is 13.2. The van der Waals surface area contributed by atoms with Crippen molar-refractivity contribution in [3.63, 3.8) is 0 Å². The highest BCUT2D eigenvalue weighted by atomic mass is 35.5. The van der Waals surface area contributed by atoms with Crippen molar-refractivity contribution < 1.29 is 4.39 Å². The summed E-state index contributed by atoms with van der Waals surface area (Å²) in [6, 6.07) is 8.04. The first-order valence-electron chi connectivity index (χ1n) is 5.85. The lowest BCUT2D eigenvalue weighted by atomic mass is 10.1. The second-order valence-corrected chi connectivity index (χ2v) is 5.23. The third-order valence-electron chi connectivity index (χ3n) is 3.23. The van der Waals surface area contributed by atoms with Crippen molar-refractivity contribution in [1.82, 2.24) is 9.55 Å². The van der Waals surface area contributed by atoms with Gasteiger partial charge in [-0.25, -0.2) is 9.37 Å². The highest BCUT2D eigenvalue weighted by Gasteiger charge is 2.18. The van der Waals surface area contributed by atoms with Crippen LogP contribution >= 0.6 is 23.2 Å². The Morgan fingerprint density at radius 3 is 2.55 bits per heavy atom. The predicted molar refractivity (Wildman–Crippen MR) is 80.5 cm³/mol. The highest BCUT2D eigenvalue weighted by Crippen LogP contribution is 2.38. The maximum Gasteiger partial charge on any atom is 0.151 e. The zero-order valence-electron chi connectivity index (χ0n) is 10.5. The molecule has 3 aromatic rings. The molecule has 102 valence electrons. The molecule has 0 radical (unpaired) electrons. The Bertz CT molecular complexity index is 827. The van der Waals surface area contributed by atoms with E-state index >= 15 is 0 Å². The third kappa shape index (κ3) is 1.84. The number of nitrogen functional groups attached to an aromatic ring is 1. The lowest BCUT2D eigenvalue weighted by molar-refractivity contribution is 0.637. The van der Waals surface area contributed by atoms with Crippen LogP contribution in [0.5, 0.6) is 0 Å². The summed E-state index contributed by atoms with van der Waals surface area (Å²) >= 11 is 12.2. The molecule has 0 amide bonds. The Labute approximate surface area is 124 Å². The molecule has 3 rings (SSSR count).